The first-order valence-electron chi connectivity index (χ1n) is 8.10. The second-order valence-electron chi connectivity index (χ2n) is 6.29. The van der Waals surface area contributed by atoms with Crippen molar-refractivity contribution >= 4 is 39.0 Å². The first-order chi connectivity index (χ1) is 12.7. The Morgan fingerprint density at radius 3 is 2.59 bits per heavy atom. The van der Waals surface area contributed by atoms with Gasteiger partial charge in [0.25, 0.3) is 5.69 Å². The van der Waals surface area contributed by atoms with Crippen LogP contribution in [0.25, 0.3) is 6.08 Å². The van der Waals surface area contributed by atoms with E-state index in [1.807, 2.05) is 0 Å². The van der Waals surface area contributed by atoms with E-state index in [1.165, 1.54) is 41.1 Å². The number of hydrogen-bond acceptors (Lipinski definition) is 6. The molecule has 1 aromatic heterocycles. The van der Waals surface area contributed by atoms with Crippen LogP contribution in [0, 0.1) is 17.0 Å². The van der Waals surface area contributed by atoms with Crippen molar-refractivity contribution < 1.29 is 18.1 Å². The van der Waals surface area contributed by atoms with Gasteiger partial charge >= 0.3 is 0 Å². The summed E-state index contributed by atoms with van der Waals surface area (Å²) in [6.07, 6.45) is 3.29. The van der Waals surface area contributed by atoms with Gasteiger partial charge in [-0.3, -0.25) is 14.9 Å². The summed E-state index contributed by atoms with van der Waals surface area (Å²) >= 11 is 6.36. The Morgan fingerprint density at radius 1 is 1.37 bits per heavy atom. The van der Waals surface area contributed by atoms with Gasteiger partial charge in [0.2, 0.25) is 0 Å². The molecule has 10 heteroatoms. The number of aryl methyl sites for hydroxylation is 1. The van der Waals surface area contributed by atoms with Crippen molar-refractivity contribution in [1.29, 1.82) is 0 Å². The van der Waals surface area contributed by atoms with Crippen LogP contribution in [0.2, 0.25) is 5.15 Å². The summed E-state index contributed by atoms with van der Waals surface area (Å²) in [7, 11) is -3.07. The minimum absolute atomic E-state index is 0.00127. The van der Waals surface area contributed by atoms with Crippen molar-refractivity contribution in [2.24, 2.45) is 0 Å². The molecule has 0 bridgehead atoms. The van der Waals surface area contributed by atoms with Crippen molar-refractivity contribution in [3.8, 4) is 0 Å². The van der Waals surface area contributed by atoms with Gasteiger partial charge < -0.3 is 0 Å². The molecular weight excluding hydrogens is 394 g/mol. The molecule has 1 aromatic carbocycles. The normalized spacial score (nSPS) is 18.8. The summed E-state index contributed by atoms with van der Waals surface area (Å²) in [6, 6.07) is 4.97. The summed E-state index contributed by atoms with van der Waals surface area (Å²) in [4.78, 5) is 22.4. The van der Waals surface area contributed by atoms with E-state index in [0.717, 1.165) is 0 Å². The second kappa shape index (κ2) is 7.24. The third-order valence-corrected chi connectivity index (χ3v) is 6.52. The van der Waals surface area contributed by atoms with Crippen molar-refractivity contribution in [3.05, 3.63) is 62.4 Å². The average molecular weight is 410 g/mol. The highest BCUT2D eigenvalue weighted by atomic mass is 35.5. The Balaban J connectivity index is 1.81. The number of nitro benzene ring substituents is 1. The molecule has 0 amide bonds. The Hall–Kier alpha value is -2.52. The zero-order valence-corrected chi connectivity index (χ0v) is 15.9. The van der Waals surface area contributed by atoms with Gasteiger partial charge in [0, 0.05) is 23.3 Å². The molecule has 1 atom stereocenters. The predicted octanol–water partition coefficient (Wildman–Crippen LogP) is 3.01. The van der Waals surface area contributed by atoms with Crippen LogP contribution in [0.15, 0.2) is 30.3 Å². The fourth-order valence-corrected chi connectivity index (χ4v) is 5.00. The van der Waals surface area contributed by atoms with E-state index in [-0.39, 0.29) is 34.2 Å². The number of benzene rings is 1. The predicted molar refractivity (Wildman–Crippen MR) is 101 cm³/mol. The van der Waals surface area contributed by atoms with E-state index in [2.05, 4.69) is 5.10 Å². The zero-order chi connectivity index (χ0) is 19.8. The lowest BCUT2D eigenvalue weighted by molar-refractivity contribution is -0.384. The highest BCUT2D eigenvalue weighted by molar-refractivity contribution is 7.91. The summed E-state index contributed by atoms with van der Waals surface area (Å²) in [6.45, 7) is 1.72. The molecular formula is C17H16ClN3O5S. The molecule has 3 rings (SSSR count). The molecule has 142 valence electrons. The number of aromatic nitrogens is 2. The van der Waals surface area contributed by atoms with Crippen LogP contribution in [-0.2, 0) is 9.84 Å². The van der Waals surface area contributed by atoms with Gasteiger partial charge in [-0.15, -0.1) is 0 Å². The fourth-order valence-electron chi connectivity index (χ4n) is 2.93. The number of nitro groups is 1. The second-order valence-corrected chi connectivity index (χ2v) is 8.88. The number of ketones is 1. The topological polar surface area (TPSA) is 112 Å². The van der Waals surface area contributed by atoms with E-state index >= 15 is 0 Å². The number of hydrogen-bond donors (Lipinski definition) is 0. The van der Waals surface area contributed by atoms with E-state index in [4.69, 9.17) is 11.6 Å². The van der Waals surface area contributed by atoms with Gasteiger partial charge in [-0.05, 0) is 37.6 Å². The van der Waals surface area contributed by atoms with Crippen LogP contribution in [-0.4, -0.2) is 40.4 Å². The Labute approximate surface area is 160 Å². The van der Waals surface area contributed by atoms with Crippen molar-refractivity contribution in [1.82, 2.24) is 9.78 Å². The van der Waals surface area contributed by atoms with Crippen LogP contribution in [0.5, 0.6) is 0 Å². The summed E-state index contributed by atoms with van der Waals surface area (Å²) < 4.78 is 24.8. The van der Waals surface area contributed by atoms with Gasteiger partial charge in [-0.25, -0.2) is 13.1 Å². The molecule has 1 fully saturated rings. The van der Waals surface area contributed by atoms with Gasteiger partial charge in [0.05, 0.1) is 28.2 Å². The molecule has 0 saturated carbocycles. The third-order valence-electron chi connectivity index (χ3n) is 4.39. The Bertz CT molecular complexity index is 1040. The van der Waals surface area contributed by atoms with E-state index < -0.39 is 14.8 Å². The van der Waals surface area contributed by atoms with E-state index in [1.54, 1.807) is 6.92 Å². The third kappa shape index (κ3) is 4.09. The maximum atomic E-state index is 12.3. The largest absolute Gasteiger partial charge is 0.289 e. The molecule has 2 heterocycles. The molecule has 0 N–H and O–H groups in total. The lowest BCUT2D eigenvalue weighted by atomic mass is 10.1. The quantitative estimate of drug-likeness (QED) is 0.324. The standard InChI is InChI=1S/C17H16ClN3O5S/c1-11-15(17(18)20(19-11)14-8-9-27(25,26)10-14)6-7-16(22)12-2-4-13(5-3-12)21(23)24/h2-7,14H,8-10H2,1H3/b7-6+/t14-/m1/s1. The summed E-state index contributed by atoms with van der Waals surface area (Å²) in [5.74, 6) is -0.230. The maximum absolute atomic E-state index is 12.3. The molecule has 2 aromatic rings. The highest BCUT2D eigenvalue weighted by Gasteiger charge is 2.31. The number of halogens is 1. The maximum Gasteiger partial charge on any atom is 0.269 e. The SMILES string of the molecule is Cc1nn([C@@H]2CCS(=O)(=O)C2)c(Cl)c1/C=C/C(=O)c1ccc([N+](=O)[O-])cc1. The van der Waals surface area contributed by atoms with Crippen LogP contribution >= 0.6 is 11.6 Å². The minimum Gasteiger partial charge on any atom is -0.289 e. The number of carbonyl (C=O) groups is 1. The lowest BCUT2D eigenvalue weighted by Crippen LogP contribution is -2.12. The van der Waals surface area contributed by atoms with Gasteiger partial charge in [0.15, 0.2) is 15.6 Å². The van der Waals surface area contributed by atoms with Gasteiger partial charge in [-0.1, -0.05) is 11.6 Å². The molecule has 1 aliphatic heterocycles. The Morgan fingerprint density at radius 2 is 2.04 bits per heavy atom. The molecule has 0 aliphatic carbocycles. The molecule has 27 heavy (non-hydrogen) atoms. The molecule has 1 saturated heterocycles. The molecule has 0 spiro atoms. The lowest BCUT2D eigenvalue weighted by Gasteiger charge is -2.09. The van der Waals surface area contributed by atoms with Crippen molar-refractivity contribution in [2.75, 3.05) is 11.5 Å². The molecule has 0 unspecified atom stereocenters. The van der Waals surface area contributed by atoms with Crippen LogP contribution in [0.4, 0.5) is 5.69 Å². The van der Waals surface area contributed by atoms with Gasteiger partial charge in [-0.2, -0.15) is 5.10 Å². The summed E-state index contributed by atoms with van der Waals surface area (Å²) in [5.41, 5.74) is 1.33. The monoisotopic (exact) mass is 409 g/mol. The molecule has 8 nitrogen and oxygen atoms in total. The van der Waals surface area contributed by atoms with E-state index in [9.17, 15) is 23.3 Å². The van der Waals surface area contributed by atoms with Crippen molar-refractivity contribution in [2.45, 2.75) is 19.4 Å². The first kappa shape index (κ1) is 19.2. The number of carbonyl (C=O) groups excluding carboxylic acids is 1. The number of rotatable bonds is 5. The minimum atomic E-state index is -3.07. The van der Waals surface area contributed by atoms with Crippen LogP contribution in [0.1, 0.15) is 34.1 Å². The Kier molecular flexibility index (Phi) is 5.16. The number of allylic oxidation sites excluding steroid dienone is 1. The zero-order valence-electron chi connectivity index (χ0n) is 14.3. The molecule has 0 radical (unpaired) electrons. The number of sulfone groups is 1. The van der Waals surface area contributed by atoms with Crippen LogP contribution in [0.3, 0.4) is 0 Å². The number of non-ortho nitro benzene ring substituents is 1. The summed E-state index contributed by atoms with van der Waals surface area (Å²) in [5, 5.41) is 15.3. The van der Waals surface area contributed by atoms with Gasteiger partial charge in [0.1, 0.15) is 5.15 Å². The highest BCUT2D eigenvalue weighted by Crippen LogP contribution is 2.30. The van der Waals surface area contributed by atoms with Crippen molar-refractivity contribution in [3.63, 3.8) is 0 Å². The fraction of sp³-hybridized carbons (Fsp3) is 0.294. The molecule has 1 aliphatic rings. The first-order valence-corrected chi connectivity index (χ1v) is 10.3. The van der Waals surface area contributed by atoms with Crippen LogP contribution < -0.4 is 0 Å². The number of nitrogens with zero attached hydrogens (tertiary/aromatic N) is 3. The van der Waals surface area contributed by atoms with E-state index in [0.29, 0.717) is 23.2 Å². The average Bonchev–Trinajstić information content (AvgIpc) is 3.12. The smallest absolute Gasteiger partial charge is 0.269 e.